The zero-order chi connectivity index (χ0) is 18.3. The van der Waals surface area contributed by atoms with Crippen LogP contribution in [0.15, 0.2) is 54.6 Å². The topological polar surface area (TPSA) is 83.7 Å². The number of nitrogens with two attached hydrogens (primary N) is 1. The molecule has 0 aliphatic carbocycles. The zero-order valence-corrected chi connectivity index (χ0v) is 14.2. The fraction of sp³-hybridized carbons (Fsp3) is 0.250. The highest BCUT2D eigenvalue weighted by atomic mass is 16.2. The maximum Gasteiger partial charge on any atom is 0.232 e. The van der Waals surface area contributed by atoms with Crippen molar-refractivity contribution in [2.75, 3.05) is 22.9 Å². The van der Waals surface area contributed by atoms with E-state index in [0.717, 1.165) is 11.3 Å². The average Bonchev–Trinajstić information content (AvgIpc) is 3.23. The molecule has 6 nitrogen and oxygen atoms in total. The third-order valence-corrected chi connectivity index (χ3v) is 5.12. The van der Waals surface area contributed by atoms with E-state index in [1.54, 1.807) is 9.80 Å². The van der Waals surface area contributed by atoms with Crippen LogP contribution in [0, 0.1) is 5.92 Å². The minimum Gasteiger partial charge on any atom is -0.369 e. The van der Waals surface area contributed by atoms with Crippen molar-refractivity contribution in [1.82, 2.24) is 0 Å². The highest BCUT2D eigenvalue weighted by Gasteiger charge is 2.42. The molecule has 132 valence electrons. The molecule has 4 rings (SSSR count). The Morgan fingerprint density at radius 3 is 2.38 bits per heavy atom. The fourth-order valence-corrected chi connectivity index (χ4v) is 3.81. The number of rotatable bonds is 3. The largest absolute Gasteiger partial charge is 0.369 e. The van der Waals surface area contributed by atoms with Crippen LogP contribution >= 0.6 is 0 Å². The molecule has 6 heteroatoms. The number of nitrogens with zero attached hydrogens (tertiary/aromatic N) is 2. The van der Waals surface area contributed by atoms with Gasteiger partial charge < -0.3 is 15.5 Å². The Bertz CT molecular complexity index is 881. The van der Waals surface area contributed by atoms with E-state index in [9.17, 15) is 14.4 Å². The van der Waals surface area contributed by atoms with Crippen LogP contribution in [0.2, 0.25) is 0 Å². The van der Waals surface area contributed by atoms with Crippen molar-refractivity contribution in [3.8, 4) is 0 Å². The number of fused-ring (bicyclic) bond motifs is 1. The van der Waals surface area contributed by atoms with E-state index in [4.69, 9.17) is 5.73 Å². The molecule has 2 N–H and O–H groups in total. The Hall–Kier alpha value is -3.15. The first kappa shape index (κ1) is 16.3. The smallest absolute Gasteiger partial charge is 0.232 e. The summed E-state index contributed by atoms with van der Waals surface area (Å²) in [5.74, 6) is -1.57. The fourth-order valence-electron chi connectivity index (χ4n) is 3.81. The van der Waals surface area contributed by atoms with E-state index in [1.165, 1.54) is 0 Å². The van der Waals surface area contributed by atoms with E-state index < -0.39 is 17.7 Å². The van der Waals surface area contributed by atoms with Crippen LogP contribution in [0.25, 0.3) is 0 Å². The third-order valence-electron chi connectivity index (χ3n) is 5.12. The lowest BCUT2D eigenvalue weighted by Gasteiger charge is -2.22. The van der Waals surface area contributed by atoms with Gasteiger partial charge in [0, 0.05) is 30.9 Å². The summed E-state index contributed by atoms with van der Waals surface area (Å²) in [5, 5.41) is 0. The molecule has 1 saturated heterocycles. The molecular formula is C20H19N3O3. The molecule has 0 radical (unpaired) electrons. The van der Waals surface area contributed by atoms with Gasteiger partial charge in [0.1, 0.15) is 0 Å². The van der Waals surface area contributed by atoms with Crippen LogP contribution < -0.4 is 15.5 Å². The van der Waals surface area contributed by atoms with Gasteiger partial charge in [-0.3, -0.25) is 14.4 Å². The number of primary amides is 1. The molecular weight excluding hydrogens is 330 g/mol. The summed E-state index contributed by atoms with van der Waals surface area (Å²) >= 11 is 0. The van der Waals surface area contributed by atoms with Crippen molar-refractivity contribution in [3.63, 3.8) is 0 Å². The molecule has 2 aliphatic rings. The second-order valence-corrected chi connectivity index (χ2v) is 6.70. The van der Waals surface area contributed by atoms with Crippen LogP contribution in [0.3, 0.4) is 0 Å². The molecule has 26 heavy (non-hydrogen) atoms. The Kier molecular flexibility index (Phi) is 3.95. The Balaban J connectivity index is 1.58. The summed E-state index contributed by atoms with van der Waals surface area (Å²) < 4.78 is 0. The number of amides is 3. The third kappa shape index (κ3) is 2.63. The lowest BCUT2D eigenvalue weighted by Crippen LogP contribution is -2.38. The highest BCUT2D eigenvalue weighted by molar-refractivity contribution is 6.06. The normalized spacial score (nSPS) is 21.8. The van der Waals surface area contributed by atoms with Gasteiger partial charge in [0.2, 0.25) is 17.7 Å². The summed E-state index contributed by atoms with van der Waals surface area (Å²) in [4.78, 5) is 40.5. The zero-order valence-electron chi connectivity index (χ0n) is 14.2. The molecule has 2 aliphatic heterocycles. The first-order valence-electron chi connectivity index (χ1n) is 8.61. The molecule has 2 atom stereocenters. The van der Waals surface area contributed by atoms with E-state index in [1.807, 2.05) is 54.6 Å². The van der Waals surface area contributed by atoms with Crippen molar-refractivity contribution in [2.45, 2.75) is 12.3 Å². The van der Waals surface area contributed by atoms with E-state index in [2.05, 4.69) is 0 Å². The number of benzene rings is 2. The maximum absolute atomic E-state index is 13.1. The number of anilines is 2. The number of carbonyl (C=O) groups excluding carboxylic acids is 3. The van der Waals surface area contributed by atoms with E-state index >= 15 is 0 Å². The molecule has 0 bridgehead atoms. The molecule has 3 amide bonds. The molecule has 2 aromatic rings. The highest BCUT2D eigenvalue weighted by Crippen LogP contribution is 2.38. The van der Waals surface area contributed by atoms with Crippen LogP contribution in [-0.2, 0) is 14.4 Å². The summed E-state index contributed by atoms with van der Waals surface area (Å²) in [6.07, 6.45) is 0.174. The van der Waals surface area contributed by atoms with Gasteiger partial charge in [-0.25, -0.2) is 0 Å². The quantitative estimate of drug-likeness (QED) is 0.915. The van der Waals surface area contributed by atoms with Crippen molar-refractivity contribution in [2.24, 2.45) is 11.7 Å². The molecule has 0 unspecified atom stereocenters. The summed E-state index contributed by atoms with van der Waals surface area (Å²) in [6.45, 7) is 0.588. The minimum atomic E-state index is -0.502. The number of para-hydroxylation sites is 2. The Morgan fingerprint density at radius 1 is 0.962 bits per heavy atom. The van der Waals surface area contributed by atoms with Crippen LogP contribution in [0.5, 0.6) is 0 Å². The SMILES string of the molecule is NC(=O)[C@@H]1CN(C(=O)[C@H]2CC(=O)N(c3ccccc3)C2)c2ccccc21. The average molecular weight is 349 g/mol. The van der Waals surface area contributed by atoms with Crippen LogP contribution in [0.4, 0.5) is 11.4 Å². The van der Waals surface area contributed by atoms with Gasteiger partial charge in [-0.1, -0.05) is 36.4 Å². The van der Waals surface area contributed by atoms with Crippen molar-refractivity contribution in [3.05, 3.63) is 60.2 Å². The number of carbonyl (C=O) groups is 3. The van der Waals surface area contributed by atoms with Gasteiger partial charge in [-0.05, 0) is 23.8 Å². The van der Waals surface area contributed by atoms with Gasteiger partial charge in [-0.2, -0.15) is 0 Å². The number of hydrogen-bond acceptors (Lipinski definition) is 3. The summed E-state index contributed by atoms with van der Waals surface area (Å²) in [7, 11) is 0. The van der Waals surface area contributed by atoms with Crippen LogP contribution in [-0.4, -0.2) is 30.8 Å². The Morgan fingerprint density at radius 2 is 1.65 bits per heavy atom. The molecule has 2 heterocycles. The maximum atomic E-state index is 13.1. The van der Waals surface area contributed by atoms with E-state index in [0.29, 0.717) is 12.2 Å². The van der Waals surface area contributed by atoms with Crippen molar-refractivity contribution >= 4 is 29.1 Å². The van der Waals surface area contributed by atoms with Gasteiger partial charge in [0.25, 0.3) is 0 Å². The van der Waals surface area contributed by atoms with Crippen LogP contribution in [0.1, 0.15) is 17.9 Å². The predicted molar refractivity (Wildman–Crippen MR) is 97.6 cm³/mol. The van der Waals surface area contributed by atoms with Crippen molar-refractivity contribution < 1.29 is 14.4 Å². The standard InChI is InChI=1S/C20H19N3O3/c21-19(25)16-12-23(17-9-5-4-8-15(16)17)20(26)13-10-18(24)22(11-13)14-6-2-1-3-7-14/h1-9,13,16H,10-12H2,(H2,21,25)/t13-,16+/m0/s1. The predicted octanol–water partition coefficient (Wildman–Crippen LogP) is 1.66. The second kappa shape index (κ2) is 6.29. The number of hydrogen-bond donors (Lipinski definition) is 1. The molecule has 1 fully saturated rings. The lowest BCUT2D eigenvalue weighted by molar-refractivity contribution is -0.124. The van der Waals surface area contributed by atoms with E-state index in [-0.39, 0.29) is 24.8 Å². The molecule has 0 spiro atoms. The molecule has 0 aromatic heterocycles. The van der Waals surface area contributed by atoms with Crippen molar-refractivity contribution in [1.29, 1.82) is 0 Å². The molecule has 0 saturated carbocycles. The first-order valence-corrected chi connectivity index (χ1v) is 8.61. The van der Waals surface area contributed by atoms with Gasteiger partial charge in [0.15, 0.2) is 0 Å². The van der Waals surface area contributed by atoms with Gasteiger partial charge in [-0.15, -0.1) is 0 Å². The summed E-state index contributed by atoms with van der Waals surface area (Å²) in [5.41, 5.74) is 7.80. The van der Waals surface area contributed by atoms with Gasteiger partial charge in [0.05, 0.1) is 11.8 Å². The summed E-state index contributed by atoms with van der Waals surface area (Å²) in [6, 6.07) is 16.7. The first-order chi connectivity index (χ1) is 12.6. The molecule has 2 aromatic carbocycles. The lowest BCUT2D eigenvalue weighted by atomic mass is 10.0. The monoisotopic (exact) mass is 349 g/mol. The minimum absolute atomic E-state index is 0.0616. The second-order valence-electron chi connectivity index (χ2n) is 6.70. The Labute approximate surface area is 151 Å². The van der Waals surface area contributed by atoms with Gasteiger partial charge >= 0.3 is 0 Å².